The fourth-order valence-electron chi connectivity index (χ4n) is 8.15. The largest absolute Gasteiger partial charge is 0.508 e. The van der Waals surface area contributed by atoms with Crippen molar-refractivity contribution in [3.63, 3.8) is 0 Å². The molecule has 0 aliphatic carbocycles. The molecule has 7 amide bonds. The summed E-state index contributed by atoms with van der Waals surface area (Å²) in [5.41, 5.74) is 29.4. The number of hydrogen-bond acceptors (Lipinski definition) is 15. The number of guanidine groups is 1. The molecule has 74 heavy (non-hydrogen) atoms. The number of nitrogens with one attached hydrogen (secondary N) is 6. The number of benzene rings is 2. The Morgan fingerprint density at radius 1 is 0.635 bits per heavy atom. The van der Waals surface area contributed by atoms with Crippen molar-refractivity contribution in [2.45, 2.75) is 139 Å². The van der Waals surface area contributed by atoms with Gasteiger partial charge in [0.25, 0.3) is 0 Å². The molecular formula is C49H77N13O11S. The smallest absolute Gasteiger partial charge is 0.326 e. The van der Waals surface area contributed by atoms with Crippen molar-refractivity contribution >= 4 is 65.9 Å². The quantitative estimate of drug-likeness (QED) is 0.0165. The maximum Gasteiger partial charge on any atom is 0.326 e. The minimum Gasteiger partial charge on any atom is -0.508 e. The molecule has 0 spiro atoms. The standard InChI is InChI=1S/C49H77N13O11S/c1-28(2)40(61-41(65)33(52)9-7-23-55-49(53)54)46(70)59-37(26-30-15-19-32(64)20-16-30)45(69)58-36(25-29-13-17-31(63)18-14-29)44(68)57-34(10-3-5-21-50)42(66)56-35(11-4-6-22-51)43(67)60-38(27-74)47(71)62-24-8-12-39(62)48(72)73/h13-20,28,33-40,63-64,74H,3-12,21-27,50-52H2,1-2H3,(H,56,66)(H,57,68)(H,58,69)(H,59,70)(H,60,67)(H,61,65)(H,72,73)(H4,53,54,55)/t33-,34-,35-,36-,37-,38-,39-,40-/m0/s1. The third kappa shape index (κ3) is 20.7. The van der Waals surface area contributed by atoms with Crippen LogP contribution < -0.4 is 60.6 Å². The van der Waals surface area contributed by atoms with Gasteiger partial charge in [0.05, 0.1) is 6.04 Å². The average Bonchev–Trinajstić information content (AvgIpc) is 3.87. The minimum atomic E-state index is -1.43. The molecule has 0 saturated carbocycles. The maximum absolute atomic E-state index is 14.6. The SMILES string of the molecule is CC(C)[C@H](NC(=O)[C@@H](N)CCCN=C(N)N)C(=O)N[C@@H](Cc1ccc(O)cc1)C(=O)N[C@@H](Cc1ccc(O)cc1)C(=O)N[C@@H](CCCCN)C(=O)N[C@@H](CCCCN)C(=O)N[C@@H](CS)C(=O)N1CCC[C@H]1C(=O)O. The number of carbonyl (C=O) groups is 8. The van der Waals surface area contributed by atoms with Crippen LogP contribution in [0.3, 0.4) is 0 Å². The molecule has 24 nitrogen and oxygen atoms in total. The number of likely N-dealkylation sites (tertiary alicyclic amines) is 1. The summed E-state index contributed by atoms with van der Waals surface area (Å²) in [6, 6.07) is 1.85. The number of hydrogen-bond donors (Lipinski definition) is 15. The number of amides is 7. The number of nitrogens with zero attached hydrogens (tertiary/aromatic N) is 2. The molecule has 1 fully saturated rings. The minimum absolute atomic E-state index is 0.0385. The lowest BCUT2D eigenvalue weighted by Gasteiger charge is -2.29. The van der Waals surface area contributed by atoms with Gasteiger partial charge in [-0.05, 0) is 119 Å². The van der Waals surface area contributed by atoms with Crippen molar-refractivity contribution in [3.8, 4) is 11.5 Å². The molecule has 0 radical (unpaired) electrons. The van der Waals surface area contributed by atoms with Gasteiger partial charge in [-0.3, -0.25) is 38.6 Å². The fourth-order valence-corrected chi connectivity index (χ4v) is 8.39. The van der Waals surface area contributed by atoms with E-state index in [9.17, 15) is 53.7 Å². The monoisotopic (exact) mass is 1060 g/mol. The van der Waals surface area contributed by atoms with Gasteiger partial charge in [-0.25, -0.2) is 4.79 Å². The Morgan fingerprint density at radius 3 is 1.51 bits per heavy atom. The maximum atomic E-state index is 14.6. The third-order valence-corrected chi connectivity index (χ3v) is 12.7. The molecule has 2 aromatic carbocycles. The molecule has 0 unspecified atom stereocenters. The number of aliphatic imine (C=N–C) groups is 1. The van der Waals surface area contributed by atoms with E-state index in [4.69, 9.17) is 28.7 Å². The molecule has 25 heteroatoms. The summed E-state index contributed by atoms with van der Waals surface area (Å²) in [5.74, 6) is -7.29. The zero-order chi connectivity index (χ0) is 54.9. The van der Waals surface area contributed by atoms with Crippen LogP contribution in [-0.2, 0) is 51.2 Å². The van der Waals surface area contributed by atoms with E-state index in [0.29, 0.717) is 49.7 Å². The highest BCUT2D eigenvalue weighted by atomic mass is 32.1. The number of carboxylic acids is 1. The lowest BCUT2D eigenvalue weighted by Crippen LogP contribution is -2.61. The number of aliphatic carboxylic acids is 1. The van der Waals surface area contributed by atoms with Crippen LogP contribution in [0.1, 0.15) is 89.2 Å². The van der Waals surface area contributed by atoms with Gasteiger partial charge in [-0.2, -0.15) is 12.6 Å². The number of phenolic OH excluding ortho intramolecular Hbond substituents is 2. The van der Waals surface area contributed by atoms with Gasteiger partial charge >= 0.3 is 5.97 Å². The summed E-state index contributed by atoms with van der Waals surface area (Å²) < 4.78 is 0. The Labute approximate surface area is 436 Å². The number of phenols is 2. The molecule has 2 aromatic rings. The van der Waals surface area contributed by atoms with Crippen LogP contribution in [0.5, 0.6) is 11.5 Å². The second-order valence-corrected chi connectivity index (χ2v) is 19.0. The number of carbonyl (C=O) groups excluding carboxylic acids is 7. The van der Waals surface area contributed by atoms with E-state index in [2.05, 4.69) is 49.5 Å². The van der Waals surface area contributed by atoms with Crippen molar-refractivity contribution in [2.75, 3.05) is 31.9 Å². The Bertz CT molecular complexity index is 2200. The summed E-state index contributed by atoms with van der Waals surface area (Å²) in [4.78, 5) is 115. The molecule has 410 valence electrons. The zero-order valence-electron chi connectivity index (χ0n) is 42.2. The van der Waals surface area contributed by atoms with E-state index in [1.807, 2.05) is 0 Å². The summed E-state index contributed by atoms with van der Waals surface area (Å²) >= 11 is 4.27. The van der Waals surface area contributed by atoms with Crippen molar-refractivity contribution in [3.05, 3.63) is 59.7 Å². The highest BCUT2D eigenvalue weighted by molar-refractivity contribution is 7.80. The predicted molar refractivity (Wildman–Crippen MR) is 280 cm³/mol. The van der Waals surface area contributed by atoms with Crippen LogP contribution >= 0.6 is 12.6 Å². The van der Waals surface area contributed by atoms with Gasteiger partial charge in [0.15, 0.2) is 5.96 Å². The number of rotatable bonds is 32. The molecule has 8 atom stereocenters. The van der Waals surface area contributed by atoms with Crippen LogP contribution in [0, 0.1) is 5.92 Å². The van der Waals surface area contributed by atoms with Crippen molar-refractivity contribution in [2.24, 2.45) is 39.6 Å². The average molecular weight is 1060 g/mol. The van der Waals surface area contributed by atoms with E-state index >= 15 is 0 Å². The van der Waals surface area contributed by atoms with Gasteiger partial charge < -0.3 is 80.8 Å². The Balaban J connectivity index is 1.95. The number of carboxylic acid groups (broad SMARTS) is 1. The molecule has 0 bridgehead atoms. The number of nitrogens with two attached hydrogens (primary N) is 5. The fraction of sp³-hybridized carbons (Fsp3) is 0.571. The lowest BCUT2D eigenvalue weighted by molar-refractivity contribution is -0.149. The first-order chi connectivity index (χ1) is 35.2. The molecule has 1 aliphatic rings. The molecule has 0 aromatic heterocycles. The summed E-state index contributed by atoms with van der Waals surface area (Å²) in [7, 11) is 0. The number of thiol groups is 1. The van der Waals surface area contributed by atoms with Crippen LogP contribution in [0.15, 0.2) is 53.5 Å². The van der Waals surface area contributed by atoms with E-state index in [-0.39, 0.29) is 87.9 Å². The predicted octanol–water partition coefficient (Wildman–Crippen LogP) is -1.91. The van der Waals surface area contributed by atoms with Crippen LogP contribution in [0.2, 0.25) is 0 Å². The molecule has 1 aliphatic heterocycles. The molecule has 1 saturated heterocycles. The topological polar surface area (TPSA) is 415 Å². The molecular weight excluding hydrogens is 979 g/mol. The molecule has 19 N–H and O–H groups in total. The highest BCUT2D eigenvalue weighted by Crippen LogP contribution is 2.20. The Kier molecular flexibility index (Phi) is 26.5. The van der Waals surface area contributed by atoms with Crippen molar-refractivity contribution < 1.29 is 53.7 Å². The Morgan fingerprint density at radius 2 is 1.08 bits per heavy atom. The summed E-state index contributed by atoms with van der Waals surface area (Å²) in [6.45, 7) is 4.32. The van der Waals surface area contributed by atoms with Crippen molar-refractivity contribution in [1.82, 2.24) is 36.8 Å². The zero-order valence-corrected chi connectivity index (χ0v) is 43.1. The van der Waals surface area contributed by atoms with Crippen LogP contribution in [0.4, 0.5) is 0 Å². The van der Waals surface area contributed by atoms with Crippen LogP contribution in [-0.4, -0.2) is 154 Å². The first kappa shape index (κ1) is 61.6. The van der Waals surface area contributed by atoms with Crippen LogP contribution in [0.25, 0.3) is 0 Å². The van der Waals surface area contributed by atoms with E-state index < -0.39 is 102 Å². The van der Waals surface area contributed by atoms with Gasteiger partial charge in [0.1, 0.15) is 53.8 Å². The van der Waals surface area contributed by atoms with Crippen molar-refractivity contribution in [1.29, 1.82) is 0 Å². The first-order valence-corrected chi connectivity index (χ1v) is 25.6. The first-order valence-electron chi connectivity index (χ1n) is 24.9. The number of unbranched alkanes of at least 4 members (excludes halogenated alkanes) is 2. The summed E-state index contributed by atoms with van der Waals surface area (Å²) in [6.07, 6.45) is 2.75. The second-order valence-electron chi connectivity index (χ2n) is 18.6. The highest BCUT2D eigenvalue weighted by Gasteiger charge is 2.39. The molecule has 3 rings (SSSR count). The van der Waals surface area contributed by atoms with Gasteiger partial charge in [0, 0.05) is 31.7 Å². The third-order valence-electron chi connectivity index (χ3n) is 12.3. The summed E-state index contributed by atoms with van der Waals surface area (Å²) in [5, 5.41) is 45.9. The lowest BCUT2D eigenvalue weighted by atomic mass is 9.99. The van der Waals surface area contributed by atoms with E-state index in [0.717, 1.165) is 0 Å². The van der Waals surface area contributed by atoms with E-state index in [1.54, 1.807) is 26.0 Å². The van der Waals surface area contributed by atoms with Gasteiger partial charge in [0.2, 0.25) is 41.4 Å². The Hall–Kier alpha value is -6.70. The molecule has 1 heterocycles. The normalized spacial score (nSPS) is 16.0. The number of aromatic hydroxyl groups is 2. The van der Waals surface area contributed by atoms with Gasteiger partial charge in [-0.15, -0.1) is 0 Å². The van der Waals surface area contributed by atoms with E-state index in [1.165, 1.54) is 41.3 Å². The van der Waals surface area contributed by atoms with Gasteiger partial charge in [-0.1, -0.05) is 38.1 Å². The second kappa shape index (κ2) is 31.8.